The second-order valence-corrected chi connectivity index (χ2v) is 9.34. The van der Waals surface area contributed by atoms with Crippen molar-refractivity contribution >= 4 is 51.5 Å². The maximum absolute atomic E-state index is 12.0. The summed E-state index contributed by atoms with van der Waals surface area (Å²) in [4.78, 5) is 2.01. The van der Waals surface area contributed by atoms with Gasteiger partial charge in [-0.15, -0.1) is 8.67 Å². The molecule has 0 amide bonds. The number of nitrogens with zero attached hydrogens (tertiary/aromatic N) is 3. The van der Waals surface area contributed by atoms with Crippen LogP contribution >= 0.6 is 24.6 Å². The third-order valence-electron chi connectivity index (χ3n) is 4.29. The molecule has 0 unspecified atom stereocenters. The van der Waals surface area contributed by atoms with Crippen LogP contribution in [-0.2, 0) is 36.9 Å². The van der Waals surface area contributed by atoms with E-state index in [4.69, 9.17) is 18.9 Å². The topological polar surface area (TPSA) is 158 Å². The molecule has 0 fully saturated rings. The van der Waals surface area contributed by atoms with Crippen molar-refractivity contribution in [3.05, 3.63) is 60.0 Å². The number of hydrogen-bond donors (Lipinski definition) is 2. The maximum atomic E-state index is 12.0. The molecule has 0 aromatic heterocycles. The second kappa shape index (κ2) is 15.8. The monoisotopic (exact) mass is 549 g/mol. The third kappa shape index (κ3) is 10.2. The molecule has 0 atom stereocenters. The van der Waals surface area contributed by atoms with Crippen molar-refractivity contribution in [2.24, 2.45) is 10.2 Å². The van der Waals surface area contributed by atoms with Crippen LogP contribution in [0.2, 0.25) is 0 Å². The van der Waals surface area contributed by atoms with Crippen molar-refractivity contribution in [3.63, 3.8) is 0 Å². The predicted molar refractivity (Wildman–Crippen MR) is 128 cm³/mol. The lowest BCUT2D eigenvalue weighted by atomic mass is 10.1. The molecule has 2 aromatic rings. The number of hydrogen-bond acceptors (Lipinski definition) is 15. The highest BCUT2D eigenvalue weighted by molar-refractivity contribution is 7.94. The molecule has 0 aliphatic carbocycles. The highest BCUT2D eigenvalue weighted by Crippen LogP contribution is 2.28. The first-order valence-electron chi connectivity index (χ1n) is 9.69. The zero-order chi connectivity index (χ0) is 25.5. The van der Waals surface area contributed by atoms with Crippen LogP contribution in [0.15, 0.2) is 69.6 Å². The zero-order valence-corrected chi connectivity index (χ0v) is 20.8. The van der Waals surface area contributed by atoms with E-state index >= 15 is 0 Å². The van der Waals surface area contributed by atoms with Gasteiger partial charge in [0.05, 0.1) is 29.5 Å². The van der Waals surface area contributed by atoms with E-state index in [9.17, 15) is 8.42 Å². The van der Waals surface area contributed by atoms with E-state index in [0.29, 0.717) is 49.1 Å². The third-order valence-corrected chi connectivity index (χ3v) is 6.39. The van der Waals surface area contributed by atoms with Crippen LogP contribution in [0.25, 0.3) is 0 Å². The summed E-state index contributed by atoms with van der Waals surface area (Å²) in [5, 5.41) is 32.4. The first kappa shape index (κ1) is 29.1. The Morgan fingerprint density at radius 3 is 2.23 bits per heavy atom. The number of benzene rings is 2. The Morgan fingerprint density at radius 1 is 1.00 bits per heavy atom. The summed E-state index contributed by atoms with van der Waals surface area (Å²) in [6.07, 6.45) is 0. The number of anilines is 1. The number of aryl methyl sites for hydroxylation is 1. The lowest BCUT2D eigenvalue weighted by Gasteiger charge is -2.24. The van der Waals surface area contributed by atoms with Crippen LogP contribution in [0, 0.1) is 6.92 Å². The van der Waals surface area contributed by atoms with Crippen LogP contribution in [0.3, 0.4) is 0 Å². The van der Waals surface area contributed by atoms with Crippen LogP contribution < -0.4 is 4.90 Å². The van der Waals surface area contributed by atoms with E-state index in [2.05, 4.69) is 35.6 Å². The van der Waals surface area contributed by atoms with Gasteiger partial charge >= 0.3 is 0 Å². The molecule has 0 saturated heterocycles. The molecule has 0 saturated carbocycles. The lowest BCUT2D eigenvalue weighted by molar-refractivity contribution is -0.434. The smallest absolute Gasteiger partial charge is 0.199 e. The van der Waals surface area contributed by atoms with Gasteiger partial charge in [0.1, 0.15) is 0 Å². The van der Waals surface area contributed by atoms with E-state index < -0.39 is 9.84 Å². The first-order valence-corrected chi connectivity index (χ1v) is 12.6. The molecule has 0 radical (unpaired) electrons. The molecule has 0 heterocycles. The molecular formula is C19H23N3O10S3. The van der Waals surface area contributed by atoms with Gasteiger partial charge in [0, 0.05) is 24.2 Å². The Bertz CT molecular complexity index is 1060. The minimum atomic E-state index is -3.57. The Morgan fingerprint density at radius 2 is 1.66 bits per heavy atom. The van der Waals surface area contributed by atoms with E-state index in [1.165, 1.54) is 12.1 Å². The fourth-order valence-electron chi connectivity index (χ4n) is 2.68. The van der Waals surface area contributed by atoms with Gasteiger partial charge in [-0.2, -0.15) is 10.2 Å². The average Bonchev–Trinajstić information content (AvgIpc) is 2.86. The van der Waals surface area contributed by atoms with Gasteiger partial charge in [-0.3, -0.25) is 8.37 Å². The van der Waals surface area contributed by atoms with Gasteiger partial charge in [0.15, 0.2) is 34.5 Å². The van der Waals surface area contributed by atoms with Gasteiger partial charge in [0.2, 0.25) is 0 Å². The van der Waals surface area contributed by atoms with Gasteiger partial charge in [0.25, 0.3) is 0 Å². The quantitative estimate of drug-likeness (QED) is 0.0879. The summed E-state index contributed by atoms with van der Waals surface area (Å²) >= 11 is 0.940. The number of rotatable bonds is 17. The highest BCUT2D eigenvalue weighted by Gasteiger charge is 2.11. The molecule has 2 rings (SSSR count). The van der Waals surface area contributed by atoms with Crippen LogP contribution in [0.4, 0.5) is 17.1 Å². The molecule has 16 heteroatoms. The summed E-state index contributed by atoms with van der Waals surface area (Å²) in [5.74, 6) is 0. The minimum absolute atomic E-state index is 0.0827. The van der Waals surface area contributed by atoms with Crippen molar-refractivity contribution < 1.29 is 46.0 Å². The molecule has 2 N–H and O–H groups in total. The second-order valence-electron chi connectivity index (χ2n) is 6.43. The lowest BCUT2D eigenvalue weighted by Crippen LogP contribution is -2.30. The van der Waals surface area contributed by atoms with Crippen molar-refractivity contribution in [1.82, 2.24) is 0 Å². The molecule has 0 bridgehead atoms. The summed E-state index contributed by atoms with van der Waals surface area (Å²) < 4.78 is 42.5. The maximum Gasteiger partial charge on any atom is 0.199 e. The van der Waals surface area contributed by atoms with Crippen LogP contribution in [0.1, 0.15) is 5.56 Å². The van der Waals surface area contributed by atoms with Crippen molar-refractivity contribution in [3.8, 4) is 0 Å². The van der Waals surface area contributed by atoms with E-state index in [0.717, 1.165) is 16.7 Å². The first-order chi connectivity index (χ1) is 16.9. The standard InChI is InChI=1S/C19H23N3O10S3/c1-3-35(25,26)18-6-4-5-16(14-18)20-21-19-8-7-17(13-15(19)2)22(9-11-27-33-31-29-23)10-12-28-34-32-30-24/h3-8,13-14,23-24H,1,9-12H2,2H3. The molecule has 0 aliphatic heterocycles. The van der Waals surface area contributed by atoms with E-state index in [1.807, 2.05) is 24.0 Å². The molecular weight excluding hydrogens is 526 g/mol. The summed E-state index contributed by atoms with van der Waals surface area (Å²) in [6, 6.07) is 11.6. The Kier molecular flexibility index (Phi) is 13.2. The molecule has 35 heavy (non-hydrogen) atoms. The normalized spacial score (nSPS) is 11.7. The predicted octanol–water partition coefficient (Wildman–Crippen LogP) is 5.14. The zero-order valence-electron chi connectivity index (χ0n) is 18.4. The van der Waals surface area contributed by atoms with Crippen LogP contribution in [0.5, 0.6) is 0 Å². The molecule has 0 spiro atoms. The Labute approximate surface area is 210 Å². The average molecular weight is 550 g/mol. The van der Waals surface area contributed by atoms with Gasteiger partial charge < -0.3 is 4.90 Å². The SMILES string of the molecule is C=CS(=O)(=O)c1cccc(N=Nc2ccc(N(CCOSOOO)CCOSOOO)cc2C)c1. The molecule has 13 nitrogen and oxygen atoms in total. The van der Waals surface area contributed by atoms with Crippen LogP contribution in [-0.4, -0.2) is 45.2 Å². The van der Waals surface area contributed by atoms with E-state index in [1.54, 1.807) is 18.2 Å². The van der Waals surface area contributed by atoms with Gasteiger partial charge in [-0.05, 0) is 48.9 Å². The molecule has 192 valence electrons. The van der Waals surface area contributed by atoms with Gasteiger partial charge in [-0.1, -0.05) is 22.7 Å². The van der Waals surface area contributed by atoms with Crippen molar-refractivity contribution in [2.75, 3.05) is 31.2 Å². The van der Waals surface area contributed by atoms with Crippen molar-refractivity contribution in [1.29, 1.82) is 0 Å². The fourth-order valence-corrected chi connectivity index (χ4v) is 3.84. The van der Waals surface area contributed by atoms with Crippen molar-refractivity contribution in [2.45, 2.75) is 11.8 Å². The number of sulfone groups is 1. The van der Waals surface area contributed by atoms with Gasteiger partial charge in [-0.25, -0.2) is 18.9 Å². The highest BCUT2D eigenvalue weighted by atomic mass is 32.2. The summed E-state index contributed by atoms with van der Waals surface area (Å²) in [7, 11) is -3.57. The Balaban J connectivity index is 2.11. The molecule has 0 aliphatic rings. The largest absolute Gasteiger partial charge is 0.367 e. The van der Waals surface area contributed by atoms with E-state index in [-0.39, 0.29) is 18.1 Å². The molecule has 2 aromatic carbocycles. The Hall–Kier alpha value is -2.09. The minimum Gasteiger partial charge on any atom is -0.367 e. The summed E-state index contributed by atoms with van der Waals surface area (Å²) in [6.45, 7) is 6.42. The fraction of sp³-hybridized carbons (Fsp3) is 0.263. The number of azo groups is 1. The summed E-state index contributed by atoms with van der Waals surface area (Å²) in [5.41, 5.74) is 2.60.